The van der Waals surface area contributed by atoms with Gasteiger partial charge in [0.15, 0.2) is 0 Å². The van der Waals surface area contributed by atoms with Crippen molar-refractivity contribution in [3.8, 4) is 0 Å². The Morgan fingerprint density at radius 2 is 1.90 bits per heavy atom. The number of non-ortho nitro benzene ring substituents is 1. The van der Waals surface area contributed by atoms with Gasteiger partial charge < -0.3 is 5.32 Å². The van der Waals surface area contributed by atoms with E-state index in [9.17, 15) is 10.1 Å². The Hall–Kier alpha value is -1.79. The van der Waals surface area contributed by atoms with E-state index in [0.717, 1.165) is 10.6 Å². The summed E-state index contributed by atoms with van der Waals surface area (Å²) < 4.78 is 0. The molecule has 2 unspecified atom stereocenters. The maximum absolute atomic E-state index is 10.6. The number of nitro benzene ring substituents is 1. The monoisotopic (exact) mass is 291 g/mol. The number of nitrogens with one attached hydrogen (secondary N) is 1. The highest BCUT2D eigenvalue weighted by molar-refractivity contribution is 7.11. The van der Waals surface area contributed by atoms with E-state index in [1.807, 2.05) is 20.0 Å². The first-order valence-corrected chi connectivity index (χ1v) is 7.21. The van der Waals surface area contributed by atoms with Gasteiger partial charge in [0.2, 0.25) is 0 Å². The molecule has 0 aliphatic heterocycles. The van der Waals surface area contributed by atoms with Crippen molar-refractivity contribution < 1.29 is 4.92 Å². The van der Waals surface area contributed by atoms with Crippen LogP contribution in [0.25, 0.3) is 0 Å². The molecule has 0 aliphatic carbocycles. The number of aryl methyl sites for hydroxylation is 1. The Bertz CT molecular complexity index is 595. The zero-order chi connectivity index (χ0) is 14.7. The fraction of sp³-hybridized carbons (Fsp3) is 0.357. The van der Waals surface area contributed by atoms with Gasteiger partial charge in [-0.2, -0.15) is 0 Å². The Morgan fingerprint density at radius 1 is 1.25 bits per heavy atom. The average Bonchev–Trinajstić information content (AvgIpc) is 2.85. The molecule has 0 radical (unpaired) electrons. The summed E-state index contributed by atoms with van der Waals surface area (Å²) in [5.74, 6) is 0. The predicted octanol–water partition coefficient (Wildman–Crippen LogP) is 3.77. The normalized spacial score (nSPS) is 13.9. The van der Waals surface area contributed by atoms with Crippen LogP contribution in [-0.2, 0) is 0 Å². The van der Waals surface area contributed by atoms with Gasteiger partial charge in [-0.05, 0) is 26.3 Å². The molecule has 0 aliphatic rings. The quantitative estimate of drug-likeness (QED) is 0.672. The van der Waals surface area contributed by atoms with E-state index in [0.29, 0.717) is 0 Å². The molecular weight excluding hydrogens is 274 g/mol. The van der Waals surface area contributed by atoms with Crippen LogP contribution in [0.15, 0.2) is 30.5 Å². The number of thiazole rings is 1. The number of hydrogen-bond acceptors (Lipinski definition) is 5. The van der Waals surface area contributed by atoms with Crippen molar-refractivity contribution in [1.29, 1.82) is 0 Å². The number of nitrogens with zero attached hydrogens (tertiary/aromatic N) is 2. The van der Waals surface area contributed by atoms with Crippen molar-refractivity contribution >= 4 is 17.0 Å². The number of hydrogen-bond donors (Lipinski definition) is 1. The van der Waals surface area contributed by atoms with Crippen LogP contribution in [0.3, 0.4) is 0 Å². The molecule has 1 N–H and O–H groups in total. The molecule has 0 amide bonds. The summed E-state index contributed by atoms with van der Waals surface area (Å²) in [6.45, 7) is 6.14. The summed E-state index contributed by atoms with van der Waals surface area (Å²) in [6, 6.07) is 6.90. The molecule has 0 bridgehead atoms. The molecule has 6 heteroatoms. The molecule has 20 heavy (non-hydrogen) atoms. The van der Waals surface area contributed by atoms with Crippen LogP contribution < -0.4 is 5.32 Å². The van der Waals surface area contributed by atoms with Gasteiger partial charge >= 0.3 is 0 Å². The molecule has 0 spiro atoms. The molecule has 2 aromatic rings. The summed E-state index contributed by atoms with van der Waals surface area (Å²) in [7, 11) is 0. The van der Waals surface area contributed by atoms with Gasteiger partial charge in [-0.15, -0.1) is 11.3 Å². The lowest BCUT2D eigenvalue weighted by Crippen LogP contribution is -2.22. The molecule has 5 nitrogen and oxygen atoms in total. The van der Waals surface area contributed by atoms with Crippen LogP contribution >= 0.6 is 11.3 Å². The largest absolute Gasteiger partial charge is 0.302 e. The van der Waals surface area contributed by atoms with Crippen molar-refractivity contribution in [2.45, 2.75) is 32.9 Å². The summed E-state index contributed by atoms with van der Waals surface area (Å²) in [4.78, 5) is 15.8. The van der Waals surface area contributed by atoms with Crippen molar-refractivity contribution in [1.82, 2.24) is 10.3 Å². The van der Waals surface area contributed by atoms with Crippen LogP contribution in [0.4, 0.5) is 5.69 Å². The van der Waals surface area contributed by atoms with Crippen LogP contribution in [0.2, 0.25) is 0 Å². The molecule has 0 saturated carbocycles. The Balaban J connectivity index is 2.04. The maximum Gasteiger partial charge on any atom is 0.269 e. The predicted molar refractivity (Wildman–Crippen MR) is 79.9 cm³/mol. The lowest BCUT2D eigenvalue weighted by molar-refractivity contribution is -0.384. The first-order chi connectivity index (χ1) is 9.47. The molecule has 2 rings (SSSR count). The highest BCUT2D eigenvalue weighted by atomic mass is 32.1. The summed E-state index contributed by atoms with van der Waals surface area (Å²) in [5.41, 5.74) is 1.14. The van der Waals surface area contributed by atoms with E-state index in [4.69, 9.17) is 0 Å². The zero-order valence-corrected chi connectivity index (χ0v) is 12.5. The summed E-state index contributed by atoms with van der Waals surface area (Å²) in [6.07, 6.45) is 1.87. The van der Waals surface area contributed by atoms with Crippen molar-refractivity contribution in [2.75, 3.05) is 0 Å². The van der Waals surface area contributed by atoms with Crippen molar-refractivity contribution in [2.24, 2.45) is 0 Å². The third-order valence-electron chi connectivity index (χ3n) is 3.11. The average molecular weight is 291 g/mol. The van der Waals surface area contributed by atoms with E-state index in [-0.39, 0.29) is 22.7 Å². The first kappa shape index (κ1) is 14.6. The Labute approximate surface area is 121 Å². The van der Waals surface area contributed by atoms with Crippen LogP contribution in [0.5, 0.6) is 0 Å². The highest BCUT2D eigenvalue weighted by Crippen LogP contribution is 2.23. The summed E-state index contributed by atoms with van der Waals surface area (Å²) in [5, 5.41) is 15.1. The van der Waals surface area contributed by atoms with E-state index in [1.54, 1.807) is 23.5 Å². The molecule has 2 atom stereocenters. The number of aromatic nitrogens is 1. The van der Waals surface area contributed by atoms with Crippen molar-refractivity contribution in [3.05, 3.63) is 56.0 Å². The third kappa shape index (κ3) is 3.40. The first-order valence-electron chi connectivity index (χ1n) is 6.40. The third-order valence-corrected chi connectivity index (χ3v) is 4.21. The fourth-order valence-electron chi connectivity index (χ4n) is 2.00. The van der Waals surface area contributed by atoms with E-state index in [2.05, 4.69) is 17.2 Å². The topological polar surface area (TPSA) is 68.1 Å². The molecular formula is C14H17N3O2S. The van der Waals surface area contributed by atoms with Crippen LogP contribution in [0.1, 0.15) is 41.4 Å². The van der Waals surface area contributed by atoms with Gasteiger partial charge in [0.25, 0.3) is 5.69 Å². The molecule has 0 fully saturated rings. The molecule has 1 aromatic heterocycles. The minimum absolute atomic E-state index is 0.106. The number of nitro groups is 1. The van der Waals surface area contributed by atoms with Gasteiger partial charge in [0.1, 0.15) is 5.01 Å². The smallest absolute Gasteiger partial charge is 0.269 e. The van der Waals surface area contributed by atoms with E-state index >= 15 is 0 Å². The van der Waals surface area contributed by atoms with Crippen LogP contribution in [0, 0.1) is 17.0 Å². The molecule has 106 valence electrons. The zero-order valence-electron chi connectivity index (χ0n) is 11.7. The fourth-order valence-corrected chi connectivity index (χ4v) is 2.79. The van der Waals surface area contributed by atoms with Crippen molar-refractivity contribution in [3.63, 3.8) is 0 Å². The Morgan fingerprint density at radius 3 is 2.40 bits per heavy atom. The number of benzene rings is 1. The summed E-state index contributed by atoms with van der Waals surface area (Å²) >= 11 is 1.68. The second-order valence-corrected chi connectivity index (χ2v) is 6.03. The van der Waals surface area contributed by atoms with Gasteiger partial charge in [-0.1, -0.05) is 12.1 Å². The SMILES string of the molecule is Cc1cnc(C(C)NC(C)c2ccc([N+](=O)[O-])cc2)s1. The van der Waals surface area contributed by atoms with Gasteiger partial charge in [-0.25, -0.2) is 4.98 Å². The Kier molecular flexibility index (Phi) is 4.46. The molecule has 0 saturated heterocycles. The van der Waals surface area contributed by atoms with E-state index < -0.39 is 0 Å². The second kappa shape index (κ2) is 6.11. The van der Waals surface area contributed by atoms with Gasteiger partial charge in [0, 0.05) is 29.2 Å². The lowest BCUT2D eigenvalue weighted by atomic mass is 10.1. The number of rotatable bonds is 5. The second-order valence-electron chi connectivity index (χ2n) is 4.77. The highest BCUT2D eigenvalue weighted by Gasteiger charge is 2.14. The van der Waals surface area contributed by atoms with Crippen LogP contribution in [-0.4, -0.2) is 9.91 Å². The maximum atomic E-state index is 10.6. The minimum atomic E-state index is -0.386. The van der Waals surface area contributed by atoms with Gasteiger partial charge in [-0.3, -0.25) is 10.1 Å². The lowest BCUT2D eigenvalue weighted by Gasteiger charge is -2.18. The van der Waals surface area contributed by atoms with E-state index in [1.165, 1.54) is 17.0 Å². The standard InChI is InChI=1S/C14H17N3O2S/c1-9-8-15-14(20-9)11(3)16-10(2)12-4-6-13(7-5-12)17(18)19/h4-8,10-11,16H,1-3H3. The minimum Gasteiger partial charge on any atom is -0.302 e. The van der Waals surface area contributed by atoms with Gasteiger partial charge in [0.05, 0.1) is 11.0 Å². The molecule has 1 heterocycles. The molecule has 1 aromatic carbocycles.